The van der Waals surface area contributed by atoms with E-state index in [-0.39, 0.29) is 30.0 Å². The van der Waals surface area contributed by atoms with Crippen molar-refractivity contribution < 1.29 is 24.5 Å². The van der Waals surface area contributed by atoms with Gasteiger partial charge in [-0.3, -0.25) is 9.80 Å². The number of hydrogen-bond donors (Lipinski definition) is 2. The maximum Gasteiger partial charge on any atom is 0.335 e. The van der Waals surface area contributed by atoms with Crippen molar-refractivity contribution in [2.24, 2.45) is 5.10 Å². The number of aromatic nitrogens is 1. The highest BCUT2D eigenvalue weighted by Crippen LogP contribution is 2.43. The van der Waals surface area contributed by atoms with E-state index < -0.39 is 5.97 Å². The highest BCUT2D eigenvalue weighted by atomic mass is 35.5. The number of halogens is 2. The SMILES string of the molecule is CC1=NN(C)C(C)C1c1c(Cl)ccc2c(CCCOc3cc(C)c(Cl)c(C)c3)c3n(c12)CCCN(c1cc(CO)cc(C(=O)O)c1)C3=O. The number of rotatable bonds is 9. The molecule has 0 radical (unpaired) electrons. The average molecular weight is 692 g/mol. The van der Waals surface area contributed by atoms with Crippen LogP contribution in [0.2, 0.25) is 10.0 Å². The highest BCUT2D eigenvalue weighted by Gasteiger charge is 2.37. The van der Waals surface area contributed by atoms with Gasteiger partial charge in [0.25, 0.3) is 5.91 Å². The molecule has 2 aliphatic heterocycles. The van der Waals surface area contributed by atoms with E-state index >= 15 is 0 Å². The Morgan fingerprint density at radius 1 is 1.06 bits per heavy atom. The second kappa shape index (κ2) is 13.5. The molecule has 4 aromatic rings. The van der Waals surface area contributed by atoms with Crippen LogP contribution in [0.1, 0.15) is 81.3 Å². The van der Waals surface area contributed by atoms with Crippen LogP contribution < -0.4 is 9.64 Å². The van der Waals surface area contributed by atoms with Gasteiger partial charge in [0.1, 0.15) is 11.4 Å². The number of aryl methyl sites for hydroxylation is 4. The molecule has 2 aliphatic rings. The molecule has 0 aliphatic carbocycles. The van der Waals surface area contributed by atoms with Gasteiger partial charge in [-0.1, -0.05) is 29.3 Å². The first-order chi connectivity index (χ1) is 22.9. The number of aromatic carboxylic acids is 1. The molecule has 1 aromatic heterocycles. The smallest absolute Gasteiger partial charge is 0.335 e. The molecule has 0 spiro atoms. The molecule has 9 nitrogen and oxygen atoms in total. The number of carbonyl (C=O) groups is 2. The molecule has 0 saturated heterocycles. The fourth-order valence-corrected chi connectivity index (χ4v) is 7.67. The number of amides is 1. The van der Waals surface area contributed by atoms with E-state index in [1.165, 1.54) is 12.1 Å². The van der Waals surface area contributed by atoms with Gasteiger partial charge in [0.05, 0.1) is 30.3 Å². The Bertz CT molecular complexity index is 1950. The van der Waals surface area contributed by atoms with Crippen LogP contribution in [0.25, 0.3) is 10.9 Å². The van der Waals surface area contributed by atoms with Crippen molar-refractivity contribution in [3.8, 4) is 5.75 Å². The van der Waals surface area contributed by atoms with Crippen LogP contribution in [-0.2, 0) is 19.6 Å². The van der Waals surface area contributed by atoms with E-state index in [0.717, 1.165) is 49.6 Å². The number of aliphatic hydroxyl groups is 1. The Hall–Kier alpha value is -4.05. The van der Waals surface area contributed by atoms with Crippen molar-refractivity contribution in [3.63, 3.8) is 0 Å². The van der Waals surface area contributed by atoms with Gasteiger partial charge >= 0.3 is 5.97 Å². The van der Waals surface area contributed by atoms with Crippen LogP contribution in [0.3, 0.4) is 0 Å². The predicted molar refractivity (Wildman–Crippen MR) is 190 cm³/mol. The number of carboxylic acid groups (broad SMARTS) is 1. The van der Waals surface area contributed by atoms with E-state index in [4.69, 9.17) is 33.0 Å². The number of likely N-dealkylation sites (N-methyl/N-ethyl adjacent to an activating group) is 1. The summed E-state index contributed by atoms with van der Waals surface area (Å²) in [6.07, 6.45) is 1.84. The molecular weight excluding hydrogens is 651 g/mol. The zero-order chi connectivity index (χ0) is 34.4. The molecule has 1 amide bonds. The van der Waals surface area contributed by atoms with E-state index in [9.17, 15) is 19.8 Å². The molecule has 0 saturated carbocycles. The average Bonchev–Trinajstić information content (AvgIpc) is 3.42. The van der Waals surface area contributed by atoms with E-state index in [1.807, 2.05) is 57.1 Å². The summed E-state index contributed by atoms with van der Waals surface area (Å²) < 4.78 is 8.28. The van der Waals surface area contributed by atoms with Gasteiger partial charge in [0.15, 0.2) is 0 Å². The van der Waals surface area contributed by atoms with Crippen LogP contribution in [0, 0.1) is 13.8 Å². The summed E-state index contributed by atoms with van der Waals surface area (Å²) in [5.41, 5.74) is 7.10. The zero-order valence-corrected chi connectivity index (χ0v) is 29.3. The molecule has 2 N–H and O–H groups in total. The van der Waals surface area contributed by atoms with E-state index in [1.54, 1.807) is 11.0 Å². The third-order valence-electron chi connectivity index (χ3n) is 9.64. The summed E-state index contributed by atoms with van der Waals surface area (Å²) in [5, 5.41) is 28.7. The fraction of sp³-hybridized carbons (Fsp3) is 0.378. The summed E-state index contributed by atoms with van der Waals surface area (Å²) in [4.78, 5) is 28.4. The van der Waals surface area contributed by atoms with Gasteiger partial charge < -0.3 is 24.4 Å². The second-order valence-electron chi connectivity index (χ2n) is 12.9. The maximum atomic E-state index is 14.8. The summed E-state index contributed by atoms with van der Waals surface area (Å²) >= 11 is 13.4. The van der Waals surface area contributed by atoms with E-state index in [2.05, 4.69) is 11.5 Å². The van der Waals surface area contributed by atoms with Crippen LogP contribution >= 0.6 is 23.2 Å². The monoisotopic (exact) mass is 690 g/mol. The standard InChI is InChI=1S/C37H40Cl2N4O5/c1-20-14-27(15-21(2)33(20)39)48-13-6-8-28-29-9-10-30(38)32(31-22(3)40-41(5)23(31)4)34(29)43-12-7-11-42(36(45)35(28)43)26-17-24(19-44)16-25(18-26)37(46)47/h9-10,14-18,23,31,44H,6-8,11-13,19H2,1-5H3,(H,46,47). The van der Waals surface area contributed by atoms with Gasteiger partial charge in [0, 0.05) is 58.4 Å². The number of benzene rings is 3. The van der Waals surface area contributed by atoms with E-state index in [0.29, 0.717) is 60.9 Å². The molecule has 6 rings (SSSR count). The van der Waals surface area contributed by atoms with Crippen molar-refractivity contribution in [1.82, 2.24) is 9.58 Å². The normalized spacial score (nSPS) is 17.9. The fourth-order valence-electron chi connectivity index (χ4n) is 7.29. The lowest BCUT2D eigenvalue weighted by molar-refractivity contribution is 0.0696. The molecule has 0 bridgehead atoms. The van der Waals surface area contributed by atoms with Gasteiger partial charge in [-0.15, -0.1) is 0 Å². The molecule has 11 heteroatoms. The van der Waals surface area contributed by atoms with Crippen LogP contribution in [0.5, 0.6) is 5.75 Å². The molecular formula is C37H40Cl2N4O5. The largest absolute Gasteiger partial charge is 0.494 e. The number of hydrogen-bond acceptors (Lipinski definition) is 6. The molecule has 2 unspecified atom stereocenters. The first-order valence-corrected chi connectivity index (χ1v) is 17.0. The Morgan fingerprint density at radius 3 is 2.44 bits per heavy atom. The molecule has 3 aromatic carbocycles. The lowest BCUT2D eigenvalue weighted by Crippen LogP contribution is -2.32. The third kappa shape index (κ3) is 6.04. The summed E-state index contributed by atoms with van der Waals surface area (Å²) in [7, 11) is 1.96. The Balaban J connectivity index is 1.46. The number of ether oxygens (including phenoxy) is 1. The first kappa shape index (κ1) is 33.8. The number of nitrogens with zero attached hydrogens (tertiary/aromatic N) is 4. The Labute approximate surface area is 290 Å². The first-order valence-electron chi connectivity index (χ1n) is 16.2. The maximum absolute atomic E-state index is 14.8. The summed E-state index contributed by atoms with van der Waals surface area (Å²) in [6, 6.07) is 12.5. The number of carbonyl (C=O) groups excluding carboxylic acids is 1. The Kier molecular flexibility index (Phi) is 9.48. The van der Waals surface area contributed by atoms with Gasteiger partial charge in [0.2, 0.25) is 0 Å². The number of carboxylic acids is 1. The minimum Gasteiger partial charge on any atom is -0.494 e. The van der Waals surface area contributed by atoms with Gasteiger partial charge in [-0.05, 0) is 106 Å². The number of aliphatic hydroxyl groups excluding tert-OH is 1. The summed E-state index contributed by atoms with van der Waals surface area (Å²) in [6.45, 7) is 9.10. The second-order valence-corrected chi connectivity index (χ2v) is 13.6. The minimum absolute atomic E-state index is 0.0161. The molecule has 48 heavy (non-hydrogen) atoms. The molecule has 3 heterocycles. The molecule has 2 atom stereocenters. The molecule has 0 fully saturated rings. The minimum atomic E-state index is -1.12. The van der Waals surface area contributed by atoms with Gasteiger partial charge in [-0.2, -0.15) is 5.10 Å². The predicted octanol–water partition coefficient (Wildman–Crippen LogP) is 7.61. The topological polar surface area (TPSA) is 108 Å². The quantitative estimate of drug-likeness (QED) is 0.175. The van der Waals surface area contributed by atoms with Crippen molar-refractivity contribution in [1.29, 1.82) is 0 Å². The number of hydrazone groups is 1. The van der Waals surface area contributed by atoms with Crippen molar-refractivity contribution >= 4 is 57.4 Å². The van der Waals surface area contributed by atoms with Crippen LogP contribution in [0.15, 0.2) is 47.6 Å². The van der Waals surface area contributed by atoms with Crippen molar-refractivity contribution in [2.75, 3.05) is 25.1 Å². The van der Waals surface area contributed by atoms with Crippen molar-refractivity contribution in [3.05, 3.63) is 91.6 Å². The Morgan fingerprint density at radius 2 is 1.79 bits per heavy atom. The molecule has 252 valence electrons. The highest BCUT2D eigenvalue weighted by molar-refractivity contribution is 6.33. The van der Waals surface area contributed by atoms with Crippen LogP contribution in [0.4, 0.5) is 5.69 Å². The number of anilines is 1. The lowest BCUT2D eigenvalue weighted by atomic mass is 9.87. The van der Waals surface area contributed by atoms with Crippen molar-refractivity contribution in [2.45, 2.75) is 72.1 Å². The summed E-state index contributed by atoms with van der Waals surface area (Å²) in [5.74, 6) is -0.661. The van der Waals surface area contributed by atoms with Crippen LogP contribution in [-0.4, -0.2) is 63.6 Å². The number of fused-ring (bicyclic) bond motifs is 3. The lowest BCUT2D eigenvalue weighted by Gasteiger charge is -2.23. The van der Waals surface area contributed by atoms with Gasteiger partial charge in [-0.25, -0.2) is 4.79 Å². The zero-order valence-electron chi connectivity index (χ0n) is 27.8. The third-order valence-corrected chi connectivity index (χ3v) is 10.6.